The second-order valence-electron chi connectivity index (χ2n) is 8.16. The first kappa shape index (κ1) is 23.8. The Morgan fingerprint density at radius 2 is 1.80 bits per heavy atom. The summed E-state index contributed by atoms with van der Waals surface area (Å²) >= 11 is 6.04. The molecular weight excluding hydrogens is 408 g/mol. The van der Waals surface area contributed by atoms with E-state index in [2.05, 4.69) is 15.5 Å². The van der Waals surface area contributed by atoms with Crippen LogP contribution in [0, 0.1) is 0 Å². The van der Waals surface area contributed by atoms with Crippen molar-refractivity contribution in [3.05, 3.63) is 29.3 Å². The second-order valence-corrected chi connectivity index (χ2v) is 8.59. The molecule has 2 N–H and O–H groups in total. The highest BCUT2D eigenvalue weighted by atomic mass is 35.5. The minimum Gasteiger partial charge on any atom is -0.444 e. The van der Waals surface area contributed by atoms with Crippen molar-refractivity contribution in [3.63, 3.8) is 0 Å². The van der Waals surface area contributed by atoms with E-state index in [0.29, 0.717) is 31.1 Å². The molecule has 2 rings (SSSR count). The molecule has 166 valence electrons. The lowest BCUT2D eigenvalue weighted by molar-refractivity contribution is -0.133. The molecule has 9 heteroatoms. The number of hydrogen-bond acceptors (Lipinski definition) is 5. The van der Waals surface area contributed by atoms with E-state index in [1.807, 2.05) is 24.3 Å². The number of carbonyl (C=O) groups excluding carboxylic acids is 3. The molecule has 0 spiro atoms. The SMILES string of the molecule is CC(C)(C)OC(=O)NCCCC(=O)NCC(=O)N1CCN(c2cccc(Cl)c2)CC1. The van der Waals surface area contributed by atoms with Gasteiger partial charge in [-0.3, -0.25) is 9.59 Å². The quantitative estimate of drug-likeness (QED) is 0.638. The van der Waals surface area contributed by atoms with Crippen LogP contribution in [0.25, 0.3) is 0 Å². The number of anilines is 1. The van der Waals surface area contributed by atoms with Gasteiger partial charge in [0.2, 0.25) is 11.8 Å². The average Bonchev–Trinajstić information content (AvgIpc) is 2.68. The topological polar surface area (TPSA) is 91.0 Å². The summed E-state index contributed by atoms with van der Waals surface area (Å²) in [5.41, 5.74) is 0.490. The third-order valence-corrected chi connectivity index (χ3v) is 4.73. The van der Waals surface area contributed by atoms with Gasteiger partial charge < -0.3 is 25.2 Å². The molecule has 0 aliphatic carbocycles. The van der Waals surface area contributed by atoms with Crippen molar-refractivity contribution in [3.8, 4) is 0 Å². The van der Waals surface area contributed by atoms with Gasteiger partial charge in [-0.2, -0.15) is 0 Å². The summed E-state index contributed by atoms with van der Waals surface area (Å²) in [6.45, 7) is 8.31. The number of nitrogens with zero attached hydrogens (tertiary/aromatic N) is 2. The number of halogens is 1. The molecule has 0 saturated carbocycles. The molecule has 1 aliphatic rings. The van der Waals surface area contributed by atoms with Gasteiger partial charge in [-0.25, -0.2) is 4.79 Å². The third kappa shape index (κ3) is 8.49. The van der Waals surface area contributed by atoms with Gasteiger partial charge in [-0.1, -0.05) is 17.7 Å². The van der Waals surface area contributed by atoms with Gasteiger partial charge in [0.1, 0.15) is 5.60 Å². The van der Waals surface area contributed by atoms with Crippen LogP contribution in [0.2, 0.25) is 5.02 Å². The Bertz CT molecular complexity index is 743. The van der Waals surface area contributed by atoms with E-state index in [4.69, 9.17) is 16.3 Å². The summed E-state index contributed by atoms with van der Waals surface area (Å²) in [6.07, 6.45) is 0.193. The number of benzene rings is 1. The first-order valence-electron chi connectivity index (χ1n) is 10.2. The summed E-state index contributed by atoms with van der Waals surface area (Å²) in [4.78, 5) is 39.7. The van der Waals surface area contributed by atoms with E-state index in [0.717, 1.165) is 18.8 Å². The van der Waals surface area contributed by atoms with Gasteiger partial charge in [0.05, 0.1) is 6.54 Å². The summed E-state index contributed by atoms with van der Waals surface area (Å²) in [6, 6.07) is 7.66. The standard InChI is InChI=1S/C21H31ClN4O4/c1-21(2,3)30-20(29)23-9-5-8-18(27)24-15-19(28)26-12-10-25(11-13-26)17-7-4-6-16(22)14-17/h4,6-7,14H,5,8-13,15H2,1-3H3,(H,23,29)(H,24,27). The molecule has 1 aliphatic heterocycles. The number of alkyl carbamates (subject to hydrolysis) is 1. The Morgan fingerprint density at radius 1 is 1.10 bits per heavy atom. The van der Waals surface area contributed by atoms with Crippen LogP contribution in [0.3, 0.4) is 0 Å². The molecule has 0 unspecified atom stereocenters. The first-order chi connectivity index (χ1) is 14.1. The molecule has 8 nitrogen and oxygen atoms in total. The van der Waals surface area contributed by atoms with Crippen LogP contribution in [0.1, 0.15) is 33.6 Å². The third-order valence-electron chi connectivity index (χ3n) is 4.49. The van der Waals surface area contributed by atoms with Crippen LogP contribution >= 0.6 is 11.6 Å². The molecule has 1 heterocycles. The normalized spacial score (nSPS) is 14.3. The molecule has 0 aromatic heterocycles. The predicted octanol–water partition coefficient (Wildman–Crippen LogP) is 2.41. The molecule has 0 bridgehead atoms. The smallest absolute Gasteiger partial charge is 0.407 e. The highest BCUT2D eigenvalue weighted by molar-refractivity contribution is 6.30. The maximum atomic E-state index is 12.3. The van der Waals surface area contributed by atoms with Crippen molar-refractivity contribution in [1.29, 1.82) is 0 Å². The monoisotopic (exact) mass is 438 g/mol. The Hall–Kier alpha value is -2.48. The number of amides is 3. The fourth-order valence-electron chi connectivity index (χ4n) is 3.01. The molecule has 0 radical (unpaired) electrons. The maximum absolute atomic E-state index is 12.3. The van der Waals surface area contributed by atoms with Gasteiger partial charge in [0, 0.05) is 49.9 Å². The molecule has 1 saturated heterocycles. The van der Waals surface area contributed by atoms with E-state index in [1.165, 1.54) is 0 Å². The van der Waals surface area contributed by atoms with E-state index < -0.39 is 11.7 Å². The number of hydrogen-bond donors (Lipinski definition) is 2. The Labute approximate surface area is 182 Å². The zero-order valence-corrected chi connectivity index (χ0v) is 18.6. The molecule has 0 atom stereocenters. The molecular formula is C21H31ClN4O4. The van der Waals surface area contributed by atoms with Crippen molar-refractivity contribution >= 4 is 35.2 Å². The van der Waals surface area contributed by atoms with Gasteiger partial charge in [0.25, 0.3) is 0 Å². The first-order valence-corrected chi connectivity index (χ1v) is 10.5. The maximum Gasteiger partial charge on any atom is 0.407 e. The van der Waals surface area contributed by atoms with Crippen molar-refractivity contribution in [2.24, 2.45) is 0 Å². The van der Waals surface area contributed by atoms with Crippen LogP contribution in [-0.2, 0) is 14.3 Å². The number of ether oxygens (including phenoxy) is 1. The predicted molar refractivity (Wildman–Crippen MR) is 117 cm³/mol. The fourth-order valence-corrected chi connectivity index (χ4v) is 3.20. The Balaban J connectivity index is 1.60. The van der Waals surface area contributed by atoms with Crippen LogP contribution in [0.5, 0.6) is 0 Å². The molecule has 1 fully saturated rings. The minimum atomic E-state index is -0.554. The lowest BCUT2D eigenvalue weighted by Crippen LogP contribution is -2.51. The van der Waals surface area contributed by atoms with E-state index >= 15 is 0 Å². The van der Waals surface area contributed by atoms with Gasteiger partial charge in [0.15, 0.2) is 0 Å². The fraction of sp³-hybridized carbons (Fsp3) is 0.571. The summed E-state index contributed by atoms with van der Waals surface area (Å²) < 4.78 is 5.12. The number of carbonyl (C=O) groups is 3. The highest BCUT2D eigenvalue weighted by Crippen LogP contribution is 2.20. The van der Waals surface area contributed by atoms with Gasteiger partial charge in [-0.05, 0) is 45.4 Å². The molecule has 1 aromatic rings. The van der Waals surface area contributed by atoms with E-state index in [-0.39, 0.29) is 24.8 Å². The number of nitrogens with one attached hydrogen (secondary N) is 2. The molecule has 3 amide bonds. The largest absolute Gasteiger partial charge is 0.444 e. The molecule has 1 aromatic carbocycles. The number of piperazine rings is 1. The molecule has 30 heavy (non-hydrogen) atoms. The lowest BCUT2D eigenvalue weighted by atomic mass is 10.2. The van der Waals surface area contributed by atoms with E-state index in [9.17, 15) is 14.4 Å². The number of rotatable bonds is 7. The van der Waals surface area contributed by atoms with Crippen LogP contribution in [0.4, 0.5) is 10.5 Å². The van der Waals surface area contributed by atoms with Crippen molar-refractivity contribution < 1.29 is 19.1 Å². The van der Waals surface area contributed by atoms with Crippen LogP contribution in [-0.4, -0.2) is 67.7 Å². The minimum absolute atomic E-state index is 0.0184. The van der Waals surface area contributed by atoms with Crippen molar-refractivity contribution in [2.45, 2.75) is 39.2 Å². The summed E-state index contributed by atoms with van der Waals surface area (Å²) in [5, 5.41) is 5.94. The average molecular weight is 439 g/mol. The summed E-state index contributed by atoms with van der Waals surface area (Å²) in [7, 11) is 0. The highest BCUT2D eigenvalue weighted by Gasteiger charge is 2.21. The van der Waals surface area contributed by atoms with E-state index in [1.54, 1.807) is 25.7 Å². The van der Waals surface area contributed by atoms with Crippen molar-refractivity contribution in [2.75, 3.05) is 44.2 Å². The second kappa shape index (κ2) is 11.1. The zero-order chi connectivity index (χ0) is 22.1. The Kier molecular flexibility index (Phi) is 8.77. The van der Waals surface area contributed by atoms with Crippen molar-refractivity contribution in [1.82, 2.24) is 15.5 Å². The lowest BCUT2D eigenvalue weighted by Gasteiger charge is -2.36. The van der Waals surface area contributed by atoms with Gasteiger partial charge >= 0.3 is 6.09 Å². The Morgan fingerprint density at radius 3 is 2.43 bits per heavy atom. The van der Waals surface area contributed by atoms with Crippen LogP contribution < -0.4 is 15.5 Å². The van der Waals surface area contributed by atoms with Crippen LogP contribution in [0.15, 0.2) is 24.3 Å². The van der Waals surface area contributed by atoms with Gasteiger partial charge in [-0.15, -0.1) is 0 Å². The summed E-state index contributed by atoms with van der Waals surface area (Å²) in [5.74, 6) is -0.312. The zero-order valence-electron chi connectivity index (χ0n) is 17.9.